The van der Waals surface area contributed by atoms with Crippen LogP contribution in [-0.2, 0) is 0 Å². The molecule has 4 aromatic heterocycles. The summed E-state index contributed by atoms with van der Waals surface area (Å²) in [6, 6.07) is 33.1. The minimum absolute atomic E-state index is 0.607. The summed E-state index contributed by atoms with van der Waals surface area (Å²) in [4.78, 5) is 15.3. The molecule has 11 rings (SSSR count). The molecule has 0 radical (unpaired) electrons. The summed E-state index contributed by atoms with van der Waals surface area (Å²) in [6.07, 6.45) is 0. The van der Waals surface area contributed by atoms with Crippen molar-refractivity contribution >= 4 is 208 Å². The molecule has 11 aromatic rings. The molecule has 0 N–H and O–H groups in total. The van der Waals surface area contributed by atoms with Gasteiger partial charge in [0.25, 0.3) is 0 Å². The molecule has 0 amide bonds. The van der Waals surface area contributed by atoms with Crippen molar-refractivity contribution in [3.63, 3.8) is 0 Å². The lowest BCUT2D eigenvalue weighted by Gasteiger charge is -2.16. The number of hydrogen-bond acceptors (Lipinski definition) is 5. The second kappa shape index (κ2) is 13.8. The van der Waals surface area contributed by atoms with Crippen LogP contribution in [0.3, 0.4) is 0 Å². The SMILES string of the molecule is Bc1c(B)c(B)c2c(sc3c2c(B)c(B)c2c3c3c(B)c(B)c(B)c(B)c3n2-c2cccc3c2oc2cccc(-c4nc(-c5ccccc5)nc(-c5ccccc5)n4)c23)c1B. The zero-order valence-electron chi connectivity index (χ0n) is 36.3. The Labute approximate surface area is 367 Å². The molecule has 5 nitrogen and oxygen atoms in total. The molecule has 278 valence electrons. The fourth-order valence-electron chi connectivity index (χ4n) is 10.0. The standard InChI is InChI=1S/C45H36B10N4OS/c46-28-24-27-39(35(53)30(48)25-26-29(47)32(50)34(52)37(55)42(26)61-41(25)27)59(38(24)36(54)33(51)31(28)49)21-15-7-13-19-23-20(14-8-16-22(23)60-40(19)21)45-57-43(17-9-3-1-4-10-17)56-44(58-45)18-11-5-2-6-12-18/h1-16H,46-55H2. The first kappa shape index (κ1) is 38.0. The Kier molecular flexibility index (Phi) is 8.57. The molecule has 7 aromatic carbocycles. The van der Waals surface area contributed by atoms with Crippen molar-refractivity contribution in [1.82, 2.24) is 19.5 Å². The van der Waals surface area contributed by atoms with Crippen molar-refractivity contribution < 1.29 is 4.42 Å². The average molecular weight is 789 g/mol. The third kappa shape index (κ3) is 5.30. The zero-order valence-corrected chi connectivity index (χ0v) is 37.2. The third-order valence-electron chi connectivity index (χ3n) is 14.1. The Bertz CT molecular complexity index is 3660. The van der Waals surface area contributed by atoms with E-state index in [1.807, 2.05) is 78.1 Å². The maximum atomic E-state index is 7.10. The molecule has 0 saturated heterocycles. The Morgan fingerprint density at radius 1 is 0.410 bits per heavy atom. The van der Waals surface area contributed by atoms with Crippen molar-refractivity contribution in [3.05, 3.63) is 97.1 Å². The normalized spacial score (nSPS) is 11.9. The summed E-state index contributed by atoms with van der Waals surface area (Å²) in [7, 11) is 23.1. The van der Waals surface area contributed by atoms with Crippen molar-refractivity contribution in [2.75, 3.05) is 0 Å². The van der Waals surface area contributed by atoms with E-state index in [0.29, 0.717) is 17.5 Å². The van der Waals surface area contributed by atoms with Gasteiger partial charge in [0.1, 0.15) is 84.0 Å². The second-order valence-corrected chi connectivity index (χ2v) is 18.0. The second-order valence-electron chi connectivity index (χ2n) is 17.0. The lowest BCUT2D eigenvalue weighted by molar-refractivity contribution is 0.666. The molecule has 0 aliphatic carbocycles. The van der Waals surface area contributed by atoms with E-state index < -0.39 is 0 Å². The number of furan rings is 1. The van der Waals surface area contributed by atoms with Crippen LogP contribution in [0.1, 0.15) is 0 Å². The lowest BCUT2D eigenvalue weighted by atomic mass is 9.64. The summed E-state index contributed by atoms with van der Waals surface area (Å²) in [5, 5.41) is 7.50. The van der Waals surface area contributed by atoms with Gasteiger partial charge in [0.2, 0.25) is 0 Å². The zero-order chi connectivity index (χ0) is 42.2. The van der Waals surface area contributed by atoms with Crippen LogP contribution in [0.15, 0.2) is 101 Å². The van der Waals surface area contributed by atoms with E-state index in [2.05, 4.69) is 113 Å². The largest absolute Gasteiger partial charge is 0.454 e. The molecule has 0 saturated carbocycles. The molecular weight excluding hydrogens is 753 g/mol. The molecule has 0 unspecified atom stereocenters. The minimum atomic E-state index is 0.607. The van der Waals surface area contributed by atoms with Crippen LogP contribution in [0, 0.1) is 0 Å². The first-order chi connectivity index (χ1) is 29.5. The number of thiophene rings is 1. The lowest BCUT2D eigenvalue weighted by Crippen LogP contribution is -2.48. The number of rotatable bonds is 4. The predicted octanol–water partition coefficient (Wildman–Crippen LogP) is -5.18. The number of benzene rings is 7. The minimum Gasteiger partial charge on any atom is -0.454 e. The molecule has 0 atom stereocenters. The molecule has 61 heavy (non-hydrogen) atoms. The Balaban J connectivity index is 1.26. The highest BCUT2D eigenvalue weighted by Gasteiger charge is 2.28. The summed E-state index contributed by atoms with van der Waals surface area (Å²) in [5.41, 5.74) is 21.4. The molecule has 0 spiro atoms. The van der Waals surface area contributed by atoms with Crippen LogP contribution >= 0.6 is 11.3 Å². The molecule has 16 heteroatoms. The summed E-state index contributed by atoms with van der Waals surface area (Å²) >= 11 is 1.98. The molecule has 0 bridgehead atoms. The molecular formula is C45H36B10N4OS. The van der Waals surface area contributed by atoms with Gasteiger partial charge in [-0.25, -0.2) is 15.0 Å². The molecule has 0 fully saturated rings. The van der Waals surface area contributed by atoms with Gasteiger partial charge in [-0.2, -0.15) is 0 Å². The number of fused-ring (bicyclic) bond motifs is 10. The van der Waals surface area contributed by atoms with Crippen LogP contribution in [-0.4, -0.2) is 98.0 Å². The van der Waals surface area contributed by atoms with Gasteiger partial charge in [-0.15, -0.1) is 27.7 Å². The van der Waals surface area contributed by atoms with Crippen LogP contribution in [0.25, 0.3) is 104 Å². The third-order valence-corrected chi connectivity index (χ3v) is 15.4. The van der Waals surface area contributed by atoms with Gasteiger partial charge in [0.15, 0.2) is 23.1 Å². The quantitative estimate of drug-likeness (QED) is 0.168. The number of hydrogen-bond donors (Lipinski definition) is 0. The first-order valence-corrected chi connectivity index (χ1v) is 22.0. The van der Waals surface area contributed by atoms with Gasteiger partial charge >= 0.3 is 0 Å². The molecule has 4 heterocycles. The van der Waals surface area contributed by atoms with E-state index in [9.17, 15) is 0 Å². The van der Waals surface area contributed by atoms with Crippen LogP contribution in [0.2, 0.25) is 0 Å². The highest BCUT2D eigenvalue weighted by atomic mass is 32.1. The first-order valence-electron chi connectivity index (χ1n) is 21.1. The van der Waals surface area contributed by atoms with Gasteiger partial charge in [0, 0.05) is 58.7 Å². The number of nitrogens with zero attached hydrogens (tertiary/aromatic N) is 4. The smallest absolute Gasteiger partial charge is 0.164 e. The Hall–Kier alpha value is -5.98. The van der Waals surface area contributed by atoms with Crippen molar-refractivity contribution in [2.24, 2.45) is 0 Å². The number of aromatic nitrogens is 4. The van der Waals surface area contributed by atoms with Crippen LogP contribution in [0.4, 0.5) is 0 Å². The van der Waals surface area contributed by atoms with E-state index in [-0.39, 0.29) is 0 Å². The topological polar surface area (TPSA) is 56.7 Å². The maximum Gasteiger partial charge on any atom is 0.164 e. The maximum absolute atomic E-state index is 7.10. The van der Waals surface area contributed by atoms with E-state index in [1.54, 1.807) is 0 Å². The van der Waals surface area contributed by atoms with Crippen LogP contribution < -0.4 is 54.6 Å². The van der Waals surface area contributed by atoms with Crippen molar-refractivity contribution in [2.45, 2.75) is 0 Å². The van der Waals surface area contributed by atoms with Gasteiger partial charge < -0.3 is 8.98 Å². The summed E-state index contributed by atoms with van der Waals surface area (Å²) < 4.78 is 12.4. The van der Waals surface area contributed by atoms with E-state index >= 15 is 0 Å². The van der Waals surface area contributed by atoms with E-state index in [4.69, 9.17) is 19.4 Å². The van der Waals surface area contributed by atoms with Gasteiger partial charge in [-0.05, 0) is 22.9 Å². The van der Waals surface area contributed by atoms with Gasteiger partial charge in [-0.3, -0.25) is 0 Å². The Morgan fingerprint density at radius 2 is 0.918 bits per heavy atom. The highest BCUT2D eigenvalue weighted by Crippen LogP contribution is 2.43. The highest BCUT2D eigenvalue weighted by molar-refractivity contribution is 7.28. The van der Waals surface area contributed by atoms with E-state index in [1.165, 1.54) is 96.6 Å². The Morgan fingerprint density at radius 3 is 1.57 bits per heavy atom. The summed E-state index contributed by atoms with van der Waals surface area (Å²) in [5.74, 6) is 1.87. The van der Waals surface area contributed by atoms with Crippen molar-refractivity contribution in [1.29, 1.82) is 0 Å². The predicted molar refractivity (Wildman–Crippen MR) is 292 cm³/mol. The molecule has 0 aliphatic rings. The van der Waals surface area contributed by atoms with Gasteiger partial charge in [-0.1, -0.05) is 123 Å². The fourth-order valence-corrected chi connectivity index (χ4v) is 11.6. The van der Waals surface area contributed by atoms with Gasteiger partial charge in [0.05, 0.1) is 5.69 Å². The van der Waals surface area contributed by atoms with Crippen molar-refractivity contribution in [3.8, 4) is 39.9 Å². The van der Waals surface area contributed by atoms with Crippen LogP contribution in [0.5, 0.6) is 0 Å². The number of para-hydroxylation sites is 1. The fraction of sp³-hybridized carbons (Fsp3) is 0. The monoisotopic (exact) mass is 790 g/mol. The summed E-state index contributed by atoms with van der Waals surface area (Å²) in [6.45, 7) is 0. The van der Waals surface area contributed by atoms with E-state index in [0.717, 1.165) is 44.3 Å². The average Bonchev–Trinajstić information content (AvgIpc) is 3.99. The molecule has 0 aliphatic heterocycles.